The molecule has 3 amide bonds. The lowest BCUT2D eigenvalue weighted by molar-refractivity contribution is -0.119. The summed E-state index contributed by atoms with van der Waals surface area (Å²) in [5, 5.41) is 5.19. The maximum Gasteiger partial charge on any atom is 0.414 e. The van der Waals surface area contributed by atoms with Gasteiger partial charge in [0.25, 0.3) is 5.91 Å². The van der Waals surface area contributed by atoms with Crippen molar-refractivity contribution in [3.63, 3.8) is 0 Å². The minimum Gasteiger partial charge on any atom is -0.442 e. The molecule has 1 atom stereocenters. The van der Waals surface area contributed by atoms with E-state index >= 15 is 0 Å². The maximum absolute atomic E-state index is 15.0. The monoisotopic (exact) mass is 470 g/mol. The van der Waals surface area contributed by atoms with E-state index in [0.29, 0.717) is 43.1 Å². The molecule has 10 nitrogen and oxygen atoms in total. The van der Waals surface area contributed by atoms with E-state index in [-0.39, 0.29) is 24.9 Å². The highest BCUT2D eigenvalue weighted by Crippen LogP contribution is 2.29. The maximum atomic E-state index is 15.0. The molecule has 0 spiro atoms. The second kappa shape index (κ2) is 9.94. The quantitative estimate of drug-likeness (QED) is 0.657. The van der Waals surface area contributed by atoms with E-state index < -0.39 is 18.0 Å². The first kappa shape index (κ1) is 23.3. The van der Waals surface area contributed by atoms with Crippen LogP contribution in [-0.4, -0.2) is 75.3 Å². The molecule has 34 heavy (non-hydrogen) atoms. The van der Waals surface area contributed by atoms with Gasteiger partial charge in [0, 0.05) is 46.3 Å². The van der Waals surface area contributed by atoms with Gasteiger partial charge in [-0.05, 0) is 30.3 Å². The van der Waals surface area contributed by atoms with Crippen molar-refractivity contribution in [1.29, 1.82) is 0 Å². The van der Waals surface area contributed by atoms with Gasteiger partial charge in [0.1, 0.15) is 17.7 Å². The number of hydrogen-bond acceptors (Lipinski definition) is 7. The number of hydrogen-bond donors (Lipinski definition) is 2. The van der Waals surface area contributed by atoms with E-state index in [9.17, 15) is 18.8 Å². The summed E-state index contributed by atoms with van der Waals surface area (Å²) in [7, 11) is 1.57. The molecule has 3 heterocycles. The predicted octanol–water partition coefficient (Wildman–Crippen LogP) is 1.37. The molecule has 0 saturated carbocycles. The summed E-state index contributed by atoms with van der Waals surface area (Å²) in [5.41, 5.74) is 1.37. The first-order chi connectivity index (χ1) is 16.4. The van der Waals surface area contributed by atoms with Crippen LogP contribution in [0.15, 0.2) is 36.5 Å². The Bertz CT molecular complexity index is 1070. The number of piperazine rings is 1. The molecule has 1 aromatic carbocycles. The fourth-order valence-electron chi connectivity index (χ4n) is 4.04. The number of nitrogens with zero attached hydrogens (tertiary/aromatic N) is 4. The van der Waals surface area contributed by atoms with Crippen LogP contribution in [0, 0.1) is 5.82 Å². The molecular formula is C23H27FN6O4. The van der Waals surface area contributed by atoms with Crippen molar-refractivity contribution >= 4 is 35.1 Å². The molecule has 2 aromatic rings. The number of halogens is 1. The van der Waals surface area contributed by atoms with Gasteiger partial charge in [-0.2, -0.15) is 0 Å². The summed E-state index contributed by atoms with van der Waals surface area (Å²) in [6, 6.07) is 8.25. The summed E-state index contributed by atoms with van der Waals surface area (Å²) in [6.45, 7) is 4.34. The summed E-state index contributed by atoms with van der Waals surface area (Å²) < 4.78 is 20.3. The predicted molar refractivity (Wildman–Crippen MR) is 125 cm³/mol. The number of cyclic esters (lactones) is 1. The van der Waals surface area contributed by atoms with Crippen molar-refractivity contribution in [3.8, 4) is 0 Å². The number of benzene rings is 1. The largest absolute Gasteiger partial charge is 0.442 e. The van der Waals surface area contributed by atoms with E-state index in [2.05, 4.69) is 20.5 Å². The highest BCUT2D eigenvalue weighted by Gasteiger charge is 2.33. The zero-order valence-electron chi connectivity index (χ0n) is 19.1. The van der Waals surface area contributed by atoms with E-state index in [1.807, 2.05) is 11.0 Å². The topological polar surface area (TPSA) is 107 Å². The minimum absolute atomic E-state index is 0.187. The van der Waals surface area contributed by atoms with Crippen molar-refractivity contribution in [2.24, 2.45) is 0 Å². The number of pyridine rings is 1. The third kappa shape index (κ3) is 5.03. The van der Waals surface area contributed by atoms with E-state index in [1.165, 1.54) is 17.9 Å². The zero-order valence-corrected chi connectivity index (χ0v) is 19.1. The molecule has 1 aromatic heterocycles. The molecule has 0 unspecified atom stereocenters. The van der Waals surface area contributed by atoms with Crippen molar-refractivity contribution in [2.45, 2.75) is 13.0 Å². The van der Waals surface area contributed by atoms with Crippen LogP contribution in [-0.2, 0) is 9.53 Å². The van der Waals surface area contributed by atoms with Crippen molar-refractivity contribution in [1.82, 2.24) is 15.6 Å². The number of amides is 3. The van der Waals surface area contributed by atoms with E-state index in [1.54, 1.807) is 31.4 Å². The number of nitrogens with one attached hydrogen (secondary N) is 2. The SMILES string of the molecule is CNC(=O)c1ccc(N2CCN(c3ccc(N4C[C@H](CNC(C)=O)OC4=O)cc3F)CC2)nc1. The Morgan fingerprint density at radius 3 is 2.50 bits per heavy atom. The Balaban J connectivity index is 1.36. The van der Waals surface area contributed by atoms with Gasteiger partial charge >= 0.3 is 6.09 Å². The third-order valence-electron chi connectivity index (χ3n) is 5.88. The Morgan fingerprint density at radius 1 is 1.15 bits per heavy atom. The average Bonchev–Trinajstić information content (AvgIpc) is 3.23. The second-order valence-electron chi connectivity index (χ2n) is 8.15. The molecule has 2 N–H and O–H groups in total. The molecule has 180 valence electrons. The number of carbonyl (C=O) groups is 3. The third-order valence-corrected chi connectivity index (χ3v) is 5.88. The van der Waals surface area contributed by atoms with Crippen LogP contribution in [0.3, 0.4) is 0 Å². The van der Waals surface area contributed by atoms with E-state index in [0.717, 1.165) is 5.82 Å². The number of aromatic nitrogens is 1. The van der Waals surface area contributed by atoms with Gasteiger partial charge in [0.15, 0.2) is 0 Å². The molecule has 2 aliphatic heterocycles. The smallest absolute Gasteiger partial charge is 0.414 e. The van der Waals surface area contributed by atoms with Crippen LogP contribution in [0.4, 0.5) is 26.4 Å². The Hall–Kier alpha value is -3.89. The van der Waals surface area contributed by atoms with Gasteiger partial charge in [-0.25, -0.2) is 14.2 Å². The van der Waals surface area contributed by atoms with Crippen LogP contribution in [0.2, 0.25) is 0 Å². The molecule has 2 aliphatic rings. The highest BCUT2D eigenvalue weighted by molar-refractivity contribution is 5.93. The Morgan fingerprint density at radius 2 is 1.88 bits per heavy atom. The minimum atomic E-state index is -0.564. The fourth-order valence-corrected chi connectivity index (χ4v) is 4.04. The summed E-state index contributed by atoms with van der Waals surface area (Å²) in [6.07, 6.45) is 0.501. The lowest BCUT2D eigenvalue weighted by Crippen LogP contribution is -2.47. The van der Waals surface area contributed by atoms with Gasteiger partial charge in [-0.3, -0.25) is 14.5 Å². The van der Waals surface area contributed by atoms with Gasteiger partial charge in [-0.1, -0.05) is 0 Å². The first-order valence-corrected chi connectivity index (χ1v) is 11.1. The zero-order chi connectivity index (χ0) is 24.2. The number of rotatable bonds is 6. The van der Waals surface area contributed by atoms with Crippen LogP contribution < -0.4 is 25.3 Å². The lowest BCUT2D eigenvalue weighted by atomic mass is 10.2. The summed E-state index contributed by atoms with van der Waals surface area (Å²) in [4.78, 5) is 44.7. The van der Waals surface area contributed by atoms with Crippen molar-refractivity contribution in [3.05, 3.63) is 47.9 Å². The van der Waals surface area contributed by atoms with Gasteiger partial charge in [0.2, 0.25) is 5.91 Å². The Kier molecular flexibility index (Phi) is 6.80. The molecule has 0 bridgehead atoms. The van der Waals surface area contributed by atoms with Crippen LogP contribution in [0.25, 0.3) is 0 Å². The van der Waals surface area contributed by atoms with Crippen LogP contribution >= 0.6 is 0 Å². The molecule has 11 heteroatoms. The molecule has 4 rings (SSSR count). The van der Waals surface area contributed by atoms with Gasteiger partial charge in [0.05, 0.1) is 30.0 Å². The lowest BCUT2D eigenvalue weighted by Gasteiger charge is -2.37. The van der Waals surface area contributed by atoms with Crippen molar-refractivity contribution in [2.75, 3.05) is 61.0 Å². The highest BCUT2D eigenvalue weighted by atomic mass is 19.1. The Labute approximate surface area is 196 Å². The average molecular weight is 471 g/mol. The number of anilines is 3. The van der Waals surface area contributed by atoms with Crippen LogP contribution in [0.1, 0.15) is 17.3 Å². The molecule has 0 aliphatic carbocycles. The summed E-state index contributed by atoms with van der Waals surface area (Å²) >= 11 is 0. The fraction of sp³-hybridized carbons (Fsp3) is 0.391. The number of ether oxygens (including phenoxy) is 1. The molecule has 0 radical (unpaired) electrons. The molecule has 2 saturated heterocycles. The summed E-state index contributed by atoms with van der Waals surface area (Å²) in [5.74, 6) is -0.0449. The molecular weight excluding hydrogens is 443 g/mol. The number of carbonyl (C=O) groups excluding carboxylic acids is 3. The van der Waals surface area contributed by atoms with Gasteiger partial charge < -0.3 is 25.2 Å². The van der Waals surface area contributed by atoms with E-state index in [4.69, 9.17) is 4.74 Å². The van der Waals surface area contributed by atoms with Crippen molar-refractivity contribution < 1.29 is 23.5 Å². The van der Waals surface area contributed by atoms with Crippen LogP contribution in [0.5, 0.6) is 0 Å². The first-order valence-electron chi connectivity index (χ1n) is 11.1. The normalized spacial score (nSPS) is 18.0. The molecule has 2 fully saturated rings. The second-order valence-corrected chi connectivity index (χ2v) is 8.15. The standard InChI is InChI=1S/C23H27FN6O4/c1-15(31)26-13-18-14-30(23(33)34-18)17-4-5-20(19(24)11-17)28-7-9-29(10-8-28)21-6-3-16(12-27-21)22(32)25-2/h3-6,11-12,18H,7-10,13-14H2,1-2H3,(H,25,32)(H,26,31)/t18-/m0/s1. The van der Waals surface area contributed by atoms with Gasteiger partial charge in [-0.15, -0.1) is 0 Å².